The fraction of sp³-hybridized carbons (Fsp3) is 0.538. The maximum absolute atomic E-state index is 12.4. The molecule has 1 heterocycles. The van der Waals surface area contributed by atoms with Gasteiger partial charge in [0.25, 0.3) is 0 Å². The molecule has 0 bridgehead atoms. The fourth-order valence-electron chi connectivity index (χ4n) is 1.76. The van der Waals surface area contributed by atoms with Gasteiger partial charge in [-0.3, -0.25) is 0 Å². The Bertz CT molecular complexity index is 561. The highest BCUT2D eigenvalue weighted by Gasteiger charge is 2.22. The second-order valence-electron chi connectivity index (χ2n) is 4.64. The molecule has 0 atom stereocenters. The highest BCUT2D eigenvalue weighted by Crippen LogP contribution is 2.15. The van der Waals surface area contributed by atoms with Crippen LogP contribution in [0.15, 0.2) is 23.2 Å². The van der Waals surface area contributed by atoms with E-state index in [1.807, 2.05) is 32.0 Å². The third kappa shape index (κ3) is 4.27. The molecular formula is C13H20N4O2S. The first-order valence-corrected chi connectivity index (χ1v) is 7.87. The van der Waals surface area contributed by atoms with Crippen LogP contribution < -0.4 is 0 Å². The molecule has 20 heavy (non-hydrogen) atoms. The van der Waals surface area contributed by atoms with Gasteiger partial charge in [-0.1, -0.05) is 6.92 Å². The Morgan fingerprint density at radius 3 is 2.45 bits per heavy atom. The lowest BCUT2D eigenvalue weighted by Gasteiger charge is -2.21. The van der Waals surface area contributed by atoms with Gasteiger partial charge >= 0.3 is 0 Å². The van der Waals surface area contributed by atoms with E-state index in [1.165, 1.54) is 22.6 Å². The Morgan fingerprint density at radius 2 is 2.00 bits per heavy atom. The highest BCUT2D eigenvalue weighted by molar-refractivity contribution is 7.89. The summed E-state index contributed by atoms with van der Waals surface area (Å²) < 4.78 is 26.3. The van der Waals surface area contributed by atoms with Crippen LogP contribution in [0.3, 0.4) is 0 Å². The summed E-state index contributed by atoms with van der Waals surface area (Å²) in [7, 11) is 0.376. The summed E-state index contributed by atoms with van der Waals surface area (Å²) in [4.78, 5) is 5.96. The lowest BCUT2D eigenvalue weighted by molar-refractivity contribution is 0.356. The maximum Gasteiger partial charge on any atom is 0.244 e. The minimum atomic E-state index is -3.53. The molecule has 7 heteroatoms. The van der Waals surface area contributed by atoms with Gasteiger partial charge in [-0.2, -0.15) is 9.57 Å². The summed E-state index contributed by atoms with van der Waals surface area (Å²) in [6, 6.07) is 4.71. The molecule has 0 radical (unpaired) electrons. The molecule has 110 valence electrons. The van der Waals surface area contributed by atoms with E-state index in [0.29, 0.717) is 13.1 Å². The zero-order valence-electron chi connectivity index (χ0n) is 12.1. The summed E-state index contributed by atoms with van der Waals surface area (Å²) in [6.07, 6.45) is 2.01. The number of nitriles is 1. The van der Waals surface area contributed by atoms with Crippen molar-refractivity contribution < 1.29 is 8.42 Å². The van der Waals surface area contributed by atoms with E-state index in [-0.39, 0.29) is 10.6 Å². The lowest BCUT2D eigenvalue weighted by atomic mass is 10.4. The van der Waals surface area contributed by atoms with Gasteiger partial charge in [0, 0.05) is 19.3 Å². The van der Waals surface area contributed by atoms with Crippen molar-refractivity contribution in [3.05, 3.63) is 24.0 Å². The van der Waals surface area contributed by atoms with Crippen LogP contribution in [0.2, 0.25) is 0 Å². The third-order valence-corrected chi connectivity index (χ3v) is 4.81. The summed E-state index contributed by atoms with van der Waals surface area (Å²) in [5.74, 6) is 0. The predicted molar refractivity (Wildman–Crippen MR) is 76.6 cm³/mol. The molecule has 0 aliphatic rings. The van der Waals surface area contributed by atoms with Gasteiger partial charge in [0.1, 0.15) is 16.7 Å². The van der Waals surface area contributed by atoms with Gasteiger partial charge in [-0.05, 0) is 39.2 Å². The normalized spacial score (nSPS) is 11.8. The Balaban J connectivity index is 2.85. The van der Waals surface area contributed by atoms with Crippen LogP contribution >= 0.6 is 0 Å². The number of sulfonamides is 1. The quantitative estimate of drug-likeness (QED) is 0.747. The van der Waals surface area contributed by atoms with Crippen molar-refractivity contribution in [3.8, 4) is 6.07 Å². The standard InChI is InChI=1S/C13H20N4O2S/c1-4-17(9-5-8-16(2)3)20(18,19)13-7-6-12(10-14)15-11-13/h6-7,11H,4-5,8-9H2,1-3H3. The van der Waals surface area contributed by atoms with Crippen molar-refractivity contribution in [2.45, 2.75) is 18.2 Å². The Kier molecular flexibility index (Phi) is 6.07. The molecule has 0 unspecified atom stereocenters. The number of aromatic nitrogens is 1. The van der Waals surface area contributed by atoms with Crippen LogP contribution in [0.4, 0.5) is 0 Å². The second kappa shape index (κ2) is 7.33. The second-order valence-corrected chi connectivity index (χ2v) is 6.58. The van der Waals surface area contributed by atoms with Gasteiger partial charge in [-0.15, -0.1) is 0 Å². The fourth-order valence-corrected chi connectivity index (χ4v) is 3.19. The third-order valence-electron chi connectivity index (χ3n) is 2.85. The molecule has 0 aromatic carbocycles. The molecule has 1 aromatic rings. The Morgan fingerprint density at radius 1 is 1.30 bits per heavy atom. The summed E-state index contributed by atoms with van der Waals surface area (Å²) in [6.45, 7) is 3.52. The van der Waals surface area contributed by atoms with Crippen molar-refractivity contribution >= 4 is 10.0 Å². The summed E-state index contributed by atoms with van der Waals surface area (Å²) >= 11 is 0. The van der Waals surface area contributed by atoms with Crippen molar-refractivity contribution in [1.82, 2.24) is 14.2 Å². The van der Waals surface area contributed by atoms with Crippen molar-refractivity contribution in [3.63, 3.8) is 0 Å². The minimum absolute atomic E-state index is 0.128. The van der Waals surface area contributed by atoms with E-state index in [0.717, 1.165) is 13.0 Å². The van der Waals surface area contributed by atoms with Gasteiger partial charge in [0.05, 0.1) is 0 Å². The van der Waals surface area contributed by atoms with Gasteiger partial charge in [0.15, 0.2) is 0 Å². The zero-order chi connectivity index (χ0) is 15.2. The van der Waals surface area contributed by atoms with E-state index in [2.05, 4.69) is 4.98 Å². The van der Waals surface area contributed by atoms with E-state index in [1.54, 1.807) is 0 Å². The van der Waals surface area contributed by atoms with Gasteiger partial charge < -0.3 is 4.90 Å². The maximum atomic E-state index is 12.4. The van der Waals surface area contributed by atoms with Crippen LogP contribution in [-0.4, -0.2) is 56.3 Å². The van der Waals surface area contributed by atoms with Gasteiger partial charge in [0.2, 0.25) is 10.0 Å². The molecule has 0 saturated carbocycles. The van der Waals surface area contributed by atoms with E-state index >= 15 is 0 Å². The highest BCUT2D eigenvalue weighted by atomic mass is 32.2. The first-order valence-electron chi connectivity index (χ1n) is 6.43. The van der Waals surface area contributed by atoms with E-state index < -0.39 is 10.0 Å². The molecule has 1 aromatic heterocycles. The van der Waals surface area contributed by atoms with Crippen molar-refractivity contribution in [1.29, 1.82) is 5.26 Å². The van der Waals surface area contributed by atoms with Crippen molar-refractivity contribution in [2.24, 2.45) is 0 Å². The molecule has 0 amide bonds. The molecule has 0 saturated heterocycles. The lowest BCUT2D eigenvalue weighted by Crippen LogP contribution is -2.33. The molecule has 0 spiro atoms. The molecular weight excluding hydrogens is 276 g/mol. The number of nitrogens with zero attached hydrogens (tertiary/aromatic N) is 4. The monoisotopic (exact) mass is 296 g/mol. The smallest absolute Gasteiger partial charge is 0.244 e. The predicted octanol–water partition coefficient (Wildman–Crippen LogP) is 0.916. The van der Waals surface area contributed by atoms with Crippen LogP contribution in [0.5, 0.6) is 0 Å². The SMILES string of the molecule is CCN(CCCN(C)C)S(=O)(=O)c1ccc(C#N)nc1. The van der Waals surface area contributed by atoms with E-state index in [9.17, 15) is 8.42 Å². The zero-order valence-corrected chi connectivity index (χ0v) is 12.9. The van der Waals surface area contributed by atoms with Crippen LogP contribution in [-0.2, 0) is 10.0 Å². The Hall–Kier alpha value is -1.49. The molecule has 0 fully saturated rings. The van der Waals surface area contributed by atoms with Crippen molar-refractivity contribution in [2.75, 3.05) is 33.7 Å². The molecule has 1 rings (SSSR count). The summed E-state index contributed by atoms with van der Waals surface area (Å²) in [5, 5.41) is 8.68. The topological polar surface area (TPSA) is 77.3 Å². The number of rotatable bonds is 7. The first kappa shape index (κ1) is 16.6. The molecule has 0 aliphatic carbocycles. The molecule has 6 nitrogen and oxygen atoms in total. The molecule has 0 N–H and O–H groups in total. The number of hydrogen-bond acceptors (Lipinski definition) is 5. The Labute approximate surface area is 120 Å². The average Bonchev–Trinajstić information content (AvgIpc) is 2.43. The molecule has 0 aliphatic heterocycles. The van der Waals surface area contributed by atoms with Crippen LogP contribution in [0.1, 0.15) is 19.0 Å². The van der Waals surface area contributed by atoms with Gasteiger partial charge in [-0.25, -0.2) is 13.4 Å². The number of hydrogen-bond donors (Lipinski definition) is 0. The minimum Gasteiger partial charge on any atom is -0.309 e. The van der Waals surface area contributed by atoms with E-state index in [4.69, 9.17) is 5.26 Å². The largest absolute Gasteiger partial charge is 0.309 e. The van der Waals surface area contributed by atoms with Crippen LogP contribution in [0, 0.1) is 11.3 Å². The number of pyridine rings is 1. The average molecular weight is 296 g/mol. The first-order chi connectivity index (χ1) is 9.41. The summed E-state index contributed by atoms with van der Waals surface area (Å²) in [5.41, 5.74) is 0.208. The van der Waals surface area contributed by atoms with Crippen LogP contribution in [0.25, 0.3) is 0 Å².